The van der Waals surface area contributed by atoms with Crippen molar-refractivity contribution in [2.45, 2.75) is 127 Å². The van der Waals surface area contributed by atoms with Gasteiger partial charge in [-0.25, -0.2) is 0 Å². The molecule has 0 aliphatic carbocycles. The van der Waals surface area contributed by atoms with Gasteiger partial charge in [-0.3, -0.25) is 0 Å². The van der Waals surface area contributed by atoms with Crippen LogP contribution in [0.25, 0.3) is 0 Å². The summed E-state index contributed by atoms with van der Waals surface area (Å²) >= 11 is 0. The molecule has 0 bridgehead atoms. The molecule has 0 spiro atoms. The second-order valence-corrected chi connectivity index (χ2v) is 9.85. The molecule has 0 rings (SSSR count). The molecule has 0 aliphatic rings. The highest BCUT2D eigenvalue weighted by molar-refractivity contribution is 4.75. The third kappa shape index (κ3) is 9.80. The van der Waals surface area contributed by atoms with Crippen molar-refractivity contribution in [3.8, 4) is 0 Å². The first-order chi connectivity index (χ1) is 12.3. The molecule has 0 radical (unpaired) electrons. The Morgan fingerprint density at radius 2 is 1.12 bits per heavy atom. The highest BCUT2D eigenvalue weighted by Gasteiger charge is 2.24. The summed E-state index contributed by atoms with van der Waals surface area (Å²) in [5.41, 5.74) is 0. The molecule has 0 N–H and O–H groups in total. The predicted octanol–water partition coefficient (Wildman–Crippen LogP) is 9.38. The Morgan fingerprint density at radius 3 is 1.62 bits per heavy atom. The first-order valence-corrected chi connectivity index (χ1v) is 12.3. The van der Waals surface area contributed by atoms with Crippen LogP contribution < -0.4 is 0 Å². The van der Waals surface area contributed by atoms with Gasteiger partial charge in [-0.15, -0.1) is 0 Å². The van der Waals surface area contributed by atoms with Gasteiger partial charge in [0.2, 0.25) is 0 Å². The molecule has 0 aliphatic heterocycles. The molecule has 26 heavy (non-hydrogen) atoms. The van der Waals surface area contributed by atoms with Crippen molar-refractivity contribution in [2.24, 2.45) is 41.4 Å². The van der Waals surface area contributed by atoms with E-state index >= 15 is 0 Å². The van der Waals surface area contributed by atoms with Crippen LogP contribution in [0.3, 0.4) is 0 Å². The lowest BCUT2D eigenvalue weighted by Crippen LogP contribution is -2.22. The van der Waals surface area contributed by atoms with E-state index in [-0.39, 0.29) is 0 Å². The quantitative estimate of drug-likeness (QED) is 0.255. The summed E-state index contributed by atoms with van der Waals surface area (Å²) in [4.78, 5) is 0. The fourth-order valence-corrected chi connectivity index (χ4v) is 5.09. The summed E-state index contributed by atoms with van der Waals surface area (Å²) in [5.74, 6) is 6.30. The number of hydrogen-bond donors (Lipinski definition) is 0. The van der Waals surface area contributed by atoms with Gasteiger partial charge in [-0.1, -0.05) is 114 Å². The number of unbranched alkanes of at least 4 members (excludes halogenated alkanes) is 1. The maximum atomic E-state index is 2.56. The van der Waals surface area contributed by atoms with E-state index in [1.807, 2.05) is 0 Å². The van der Waals surface area contributed by atoms with Crippen LogP contribution in [0.4, 0.5) is 0 Å². The second kappa shape index (κ2) is 15.0. The average molecular weight is 367 g/mol. The largest absolute Gasteiger partial charge is 0.0654 e. The first-order valence-electron chi connectivity index (χ1n) is 12.3. The smallest absolute Gasteiger partial charge is 0.0388 e. The van der Waals surface area contributed by atoms with Gasteiger partial charge >= 0.3 is 0 Å². The topological polar surface area (TPSA) is 0 Å². The Balaban J connectivity index is 4.61. The normalized spacial score (nSPS) is 20.2. The van der Waals surface area contributed by atoms with E-state index in [4.69, 9.17) is 0 Å². The van der Waals surface area contributed by atoms with Gasteiger partial charge < -0.3 is 0 Å². The van der Waals surface area contributed by atoms with Crippen molar-refractivity contribution in [3.63, 3.8) is 0 Å². The minimum atomic E-state index is 0.870. The minimum Gasteiger partial charge on any atom is -0.0654 e. The summed E-state index contributed by atoms with van der Waals surface area (Å²) in [6.07, 6.45) is 14.0. The van der Waals surface area contributed by atoms with Crippen LogP contribution in [0.5, 0.6) is 0 Å². The summed E-state index contributed by atoms with van der Waals surface area (Å²) in [5, 5.41) is 0. The summed E-state index contributed by atoms with van der Waals surface area (Å²) < 4.78 is 0. The van der Waals surface area contributed by atoms with E-state index < -0.39 is 0 Å². The zero-order valence-corrected chi connectivity index (χ0v) is 20.1. The van der Waals surface area contributed by atoms with Crippen molar-refractivity contribution in [3.05, 3.63) is 0 Å². The van der Waals surface area contributed by atoms with E-state index in [0.717, 1.165) is 41.4 Å². The zero-order valence-electron chi connectivity index (χ0n) is 20.1. The fraction of sp³-hybridized carbons (Fsp3) is 1.00. The summed E-state index contributed by atoms with van der Waals surface area (Å²) in [7, 11) is 0. The molecule has 0 saturated heterocycles. The molecule has 7 unspecified atom stereocenters. The lowest BCUT2D eigenvalue weighted by molar-refractivity contribution is 0.189. The zero-order chi connectivity index (χ0) is 20.1. The molecule has 0 amide bonds. The fourth-order valence-electron chi connectivity index (χ4n) is 5.09. The molecule has 0 heteroatoms. The Hall–Kier alpha value is 0. The van der Waals surface area contributed by atoms with Crippen molar-refractivity contribution in [2.75, 3.05) is 0 Å². The highest BCUT2D eigenvalue weighted by Crippen LogP contribution is 2.35. The molecular formula is C26H54. The van der Waals surface area contributed by atoms with Gasteiger partial charge in [0, 0.05) is 0 Å². The van der Waals surface area contributed by atoms with Crippen LogP contribution in [0, 0.1) is 41.4 Å². The monoisotopic (exact) mass is 366 g/mol. The number of hydrogen-bond acceptors (Lipinski definition) is 0. The maximum Gasteiger partial charge on any atom is -0.0388 e. The van der Waals surface area contributed by atoms with Crippen LogP contribution in [-0.2, 0) is 0 Å². The highest BCUT2D eigenvalue weighted by atomic mass is 14.3. The molecule has 0 fully saturated rings. The van der Waals surface area contributed by atoms with Crippen LogP contribution in [0.15, 0.2) is 0 Å². The predicted molar refractivity (Wildman–Crippen MR) is 122 cm³/mol. The van der Waals surface area contributed by atoms with E-state index in [1.165, 1.54) is 64.2 Å². The maximum absolute atomic E-state index is 2.56. The van der Waals surface area contributed by atoms with Gasteiger partial charge in [0.05, 0.1) is 0 Å². The Labute approximate surface area is 168 Å². The Bertz CT molecular complexity index is 307. The minimum absolute atomic E-state index is 0.870. The van der Waals surface area contributed by atoms with Crippen molar-refractivity contribution in [1.29, 1.82) is 0 Å². The van der Waals surface area contributed by atoms with E-state index in [9.17, 15) is 0 Å². The van der Waals surface area contributed by atoms with E-state index in [0.29, 0.717) is 0 Å². The lowest BCUT2D eigenvalue weighted by atomic mass is 9.74. The van der Waals surface area contributed by atoms with Crippen LogP contribution in [-0.4, -0.2) is 0 Å². The summed E-state index contributed by atoms with van der Waals surface area (Å²) in [6, 6.07) is 0. The first kappa shape index (κ1) is 26.0. The molecule has 0 saturated carbocycles. The number of rotatable bonds is 16. The Kier molecular flexibility index (Phi) is 15.0. The SMILES string of the molecule is CCCCC(CC)C(C)CC(C)C(CCC)CCC(C)C(C)C(C)CC. The van der Waals surface area contributed by atoms with Crippen LogP contribution in [0.2, 0.25) is 0 Å². The van der Waals surface area contributed by atoms with Crippen molar-refractivity contribution >= 4 is 0 Å². The Morgan fingerprint density at radius 1 is 0.500 bits per heavy atom. The van der Waals surface area contributed by atoms with Gasteiger partial charge in [-0.2, -0.15) is 0 Å². The van der Waals surface area contributed by atoms with Gasteiger partial charge in [-0.05, 0) is 54.3 Å². The van der Waals surface area contributed by atoms with E-state index in [2.05, 4.69) is 62.3 Å². The van der Waals surface area contributed by atoms with Gasteiger partial charge in [0.25, 0.3) is 0 Å². The van der Waals surface area contributed by atoms with Gasteiger partial charge in [0.15, 0.2) is 0 Å². The third-order valence-electron chi connectivity index (χ3n) is 7.90. The third-order valence-corrected chi connectivity index (χ3v) is 7.90. The molecule has 158 valence electrons. The van der Waals surface area contributed by atoms with Crippen LogP contribution in [0.1, 0.15) is 127 Å². The molecule has 0 aromatic carbocycles. The molecule has 0 heterocycles. The second-order valence-electron chi connectivity index (χ2n) is 9.85. The summed E-state index contributed by atoms with van der Waals surface area (Å²) in [6.45, 7) is 22.0. The molecular weight excluding hydrogens is 312 g/mol. The average Bonchev–Trinajstić information content (AvgIpc) is 2.63. The van der Waals surface area contributed by atoms with Gasteiger partial charge in [0.1, 0.15) is 0 Å². The molecule has 0 aromatic heterocycles. The van der Waals surface area contributed by atoms with Crippen molar-refractivity contribution < 1.29 is 0 Å². The standard InChI is InChI=1S/C26H54/c1-10-14-16-25(13-4)22(7)19-23(8)26(15-11-2)18-17-21(6)24(9)20(5)12-3/h20-26H,10-19H2,1-9H3. The van der Waals surface area contributed by atoms with E-state index in [1.54, 1.807) is 0 Å². The molecule has 7 atom stereocenters. The lowest BCUT2D eigenvalue weighted by Gasteiger charge is -2.32. The van der Waals surface area contributed by atoms with Crippen molar-refractivity contribution in [1.82, 2.24) is 0 Å². The molecule has 0 aromatic rings. The van der Waals surface area contributed by atoms with Crippen LogP contribution >= 0.6 is 0 Å². The molecule has 0 nitrogen and oxygen atoms in total.